The number of ether oxygens (including phenoxy) is 1. The SMILES string of the molecule is CCCN(CCN)CC1Cc2cc(C)ccc2O1. The van der Waals surface area contributed by atoms with Gasteiger partial charge in [0.2, 0.25) is 0 Å². The lowest BCUT2D eigenvalue weighted by Gasteiger charge is -2.24. The summed E-state index contributed by atoms with van der Waals surface area (Å²) in [6.45, 7) is 8.11. The zero-order valence-electron chi connectivity index (χ0n) is 11.5. The van der Waals surface area contributed by atoms with Crippen LogP contribution in [0.4, 0.5) is 0 Å². The number of hydrogen-bond donors (Lipinski definition) is 1. The molecule has 100 valence electrons. The molecule has 1 unspecified atom stereocenters. The normalized spacial score (nSPS) is 17.9. The molecule has 1 atom stereocenters. The fourth-order valence-corrected chi connectivity index (χ4v) is 2.63. The van der Waals surface area contributed by atoms with Gasteiger partial charge in [-0.1, -0.05) is 24.6 Å². The molecule has 0 spiro atoms. The smallest absolute Gasteiger partial charge is 0.123 e. The van der Waals surface area contributed by atoms with Crippen molar-refractivity contribution in [1.82, 2.24) is 4.90 Å². The van der Waals surface area contributed by atoms with Gasteiger partial charge in [0.25, 0.3) is 0 Å². The van der Waals surface area contributed by atoms with Crippen LogP contribution >= 0.6 is 0 Å². The lowest BCUT2D eigenvalue weighted by molar-refractivity contribution is 0.152. The van der Waals surface area contributed by atoms with Crippen molar-refractivity contribution in [3.8, 4) is 5.75 Å². The number of nitrogens with zero attached hydrogens (tertiary/aromatic N) is 1. The van der Waals surface area contributed by atoms with Crippen LogP contribution in [-0.4, -0.2) is 37.2 Å². The second-order valence-corrected chi connectivity index (χ2v) is 5.14. The highest BCUT2D eigenvalue weighted by molar-refractivity contribution is 5.40. The Morgan fingerprint density at radius 1 is 1.39 bits per heavy atom. The second-order valence-electron chi connectivity index (χ2n) is 5.14. The summed E-state index contributed by atoms with van der Waals surface area (Å²) in [4.78, 5) is 2.41. The molecule has 2 rings (SSSR count). The van der Waals surface area contributed by atoms with Crippen LogP contribution in [0.2, 0.25) is 0 Å². The first-order valence-electron chi connectivity index (χ1n) is 6.91. The van der Waals surface area contributed by atoms with E-state index in [1.807, 2.05) is 0 Å². The molecule has 1 aliphatic rings. The third-order valence-corrected chi connectivity index (χ3v) is 3.40. The number of rotatable bonds is 6. The number of hydrogen-bond acceptors (Lipinski definition) is 3. The van der Waals surface area contributed by atoms with Gasteiger partial charge in [-0.2, -0.15) is 0 Å². The van der Waals surface area contributed by atoms with Gasteiger partial charge in [0.05, 0.1) is 0 Å². The summed E-state index contributed by atoms with van der Waals surface area (Å²) in [5, 5.41) is 0. The molecule has 0 radical (unpaired) electrons. The first-order valence-corrected chi connectivity index (χ1v) is 6.91. The number of fused-ring (bicyclic) bond motifs is 1. The van der Waals surface area contributed by atoms with Crippen LogP contribution in [0.1, 0.15) is 24.5 Å². The molecule has 1 aromatic rings. The summed E-state index contributed by atoms with van der Waals surface area (Å²) in [5.74, 6) is 1.06. The van der Waals surface area contributed by atoms with Gasteiger partial charge in [0.15, 0.2) is 0 Å². The summed E-state index contributed by atoms with van der Waals surface area (Å²) < 4.78 is 6.00. The van der Waals surface area contributed by atoms with Gasteiger partial charge in [-0.25, -0.2) is 0 Å². The Morgan fingerprint density at radius 2 is 2.22 bits per heavy atom. The van der Waals surface area contributed by atoms with Crippen LogP contribution in [0.15, 0.2) is 18.2 Å². The molecular formula is C15H24N2O. The predicted octanol–water partition coefficient (Wildman–Crippen LogP) is 1.97. The lowest BCUT2D eigenvalue weighted by Crippen LogP contribution is -2.38. The van der Waals surface area contributed by atoms with Gasteiger partial charge in [0, 0.05) is 26.1 Å². The van der Waals surface area contributed by atoms with E-state index in [0.29, 0.717) is 6.10 Å². The van der Waals surface area contributed by atoms with Crippen LogP contribution in [0.3, 0.4) is 0 Å². The predicted molar refractivity (Wildman–Crippen MR) is 75.1 cm³/mol. The minimum Gasteiger partial charge on any atom is -0.488 e. The van der Waals surface area contributed by atoms with Crippen LogP contribution in [0.25, 0.3) is 0 Å². The number of aryl methyl sites for hydroxylation is 1. The fraction of sp³-hybridized carbons (Fsp3) is 0.600. The first-order chi connectivity index (χ1) is 8.72. The van der Waals surface area contributed by atoms with Gasteiger partial charge < -0.3 is 10.5 Å². The van der Waals surface area contributed by atoms with Gasteiger partial charge in [-0.3, -0.25) is 4.90 Å². The molecule has 1 aliphatic heterocycles. The summed E-state index contributed by atoms with van der Waals surface area (Å²) in [6.07, 6.45) is 2.49. The molecule has 1 aromatic carbocycles. The lowest BCUT2D eigenvalue weighted by atomic mass is 10.1. The van der Waals surface area contributed by atoms with E-state index in [4.69, 9.17) is 10.5 Å². The molecule has 0 aromatic heterocycles. The zero-order valence-corrected chi connectivity index (χ0v) is 11.5. The molecule has 3 heteroatoms. The average molecular weight is 248 g/mol. The minimum atomic E-state index is 0.292. The van der Waals surface area contributed by atoms with E-state index in [1.54, 1.807) is 0 Å². The monoisotopic (exact) mass is 248 g/mol. The fourth-order valence-electron chi connectivity index (χ4n) is 2.63. The third-order valence-electron chi connectivity index (χ3n) is 3.40. The van der Waals surface area contributed by atoms with Gasteiger partial charge >= 0.3 is 0 Å². The molecule has 0 saturated carbocycles. The van der Waals surface area contributed by atoms with E-state index < -0.39 is 0 Å². The van der Waals surface area contributed by atoms with E-state index in [2.05, 4.69) is 36.9 Å². The zero-order chi connectivity index (χ0) is 13.0. The summed E-state index contributed by atoms with van der Waals surface area (Å²) in [7, 11) is 0. The van der Waals surface area contributed by atoms with Crippen molar-refractivity contribution < 1.29 is 4.74 Å². The molecule has 0 amide bonds. The van der Waals surface area contributed by atoms with Crippen molar-refractivity contribution in [2.45, 2.75) is 32.8 Å². The molecule has 0 aliphatic carbocycles. The van der Waals surface area contributed by atoms with E-state index in [-0.39, 0.29) is 0 Å². The topological polar surface area (TPSA) is 38.5 Å². The van der Waals surface area contributed by atoms with Gasteiger partial charge in [0.1, 0.15) is 11.9 Å². The summed E-state index contributed by atoms with van der Waals surface area (Å²) in [6, 6.07) is 6.45. The maximum Gasteiger partial charge on any atom is 0.123 e. The van der Waals surface area contributed by atoms with Gasteiger partial charge in [-0.15, -0.1) is 0 Å². The molecule has 0 saturated heterocycles. The largest absolute Gasteiger partial charge is 0.488 e. The van der Waals surface area contributed by atoms with E-state index in [0.717, 1.165) is 38.3 Å². The van der Waals surface area contributed by atoms with Crippen molar-refractivity contribution in [2.75, 3.05) is 26.2 Å². The van der Waals surface area contributed by atoms with Crippen LogP contribution in [-0.2, 0) is 6.42 Å². The average Bonchev–Trinajstić information content (AvgIpc) is 2.71. The quantitative estimate of drug-likeness (QED) is 0.836. The second kappa shape index (κ2) is 6.21. The molecular weight excluding hydrogens is 224 g/mol. The highest BCUT2D eigenvalue weighted by atomic mass is 16.5. The van der Waals surface area contributed by atoms with Crippen LogP contribution in [0.5, 0.6) is 5.75 Å². The maximum absolute atomic E-state index is 6.00. The Bertz CT molecular complexity index is 386. The molecule has 0 bridgehead atoms. The van der Waals surface area contributed by atoms with E-state index in [9.17, 15) is 0 Å². The van der Waals surface area contributed by atoms with Crippen molar-refractivity contribution in [3.05, 3.63) is 29.3 Å². The Kier molecular flexibility index (Phi) is 4.61. The summed E-state index contributed by atoms with van der Waals surface area (Å²) in [5.41, 5.74) is 8.32. The molecule has 18 heavy (non-hydrogen) atoms. The van der Waals surface area contributed by atoms with Gasteiger partial charge in [-0.05, 0) is 31.5 Å². The highest BCUT2D eigenvalue weighted by Gasteiger charge is 2.24. The number of nitrogens with two attached hydrogens (primary N) is 1. The van der Waals surface area contributed by atoms with E-state index in [1.165, 1.54) is 17.5 Å². The third kappa shape index (κ3) is 3.24. The highest BCUT2D eigenvalue weighted by Crippen LogP contribution is 2.29. The number of benzene rings is 1. The van der Waals surface area contributed by atoms with Crippen LogP contribution < -0.4 is 10.5 Å². The first kappa shape index (κ1) is 13.4. The van der Waals surface area contributed by atoms with Crippen molar-refractivity contribution in [1.29, 1.82) is 0 Å². The molecule has 2 N–H and O–H groups in total. The molecule has 0 fully saturated rings. The maximum atomic E-state index is 6.00. The Balaban J connectivity index is 1.93. The standard InChI is InChI=1S/C15H24N2O/c1-3-7-17(8-6-16)11-14-10-13-9-12(2)4-5-15(13)18-14/h4-5,9,14H,3,6-8,10-11,16H2,1-2H3. The van der Waals surface area contributed by atoms with Crippen molar-refractivity contribution in [3.63, 3.8) is 0 Å². The Hall–Kier alpha value is -1.06. The molecule has 3 nitrogen and oxygen atoms in total. The Labute approximate surface area is 110 Å². The summed E-state index contributed by atoms with van der Waals surface area (Å²) >= 11 is 0. The van der Waals surface area contributed by atoms with Crippen molar-refractivity contribution >= 4 is 0 Å². The molecule has 1 heterocycles. The Morgan fingerprint density at radius 3 is 2.94 bits per heavy atom. The van der Waals surface area contributed by atoms with E-state index >= 15 is 0 Å². The van der Waals surface area contributed by atoms with Crippen molar-refractivity contribution in [2.24, 2.45) is 5.73 Å². The minimum absolute atomic E-state index is 0.292. The van der Waals surface area contributed by atoms with Crippen LogP contribution in [0, 0.1) is 6.92 Å².